The van der Waals surface area contributed by atoms with Gasteiger partial charge in [-0.3, -0.25) is 4.79 Å². The number of benzene rings is 1. The first kappa shape index (κ1) is 17.4. The van der Waals surface area contributed by atoms with Gasteiger partial charge in [-0.05, 0) is 74.5 Å². The van der Waals surface area contributed by atoms with Gasteiger partial charge < -0.3 is 14.2 Å². The second kappa shape index (κ2) is 6.60. The summed E-state index contributed by atoms with van der Waals surface area (Å²) in [4.78, 5) is 25.3. The number of carbonyl (C=O) groups excluding carboxylic acids is 2. The van der Waals surface area contributed by atoms with Gasteiger partial charge in [-0.25, -0.2) is 4.79 Å². The second-order valence-corrected chi connectivity index (χ2v) is 8.27. The van der Waals surface area contributed by atoms with Crippen molar-refractivity contribution >= 4 is 11.8 Å². The summed E-state index contributed by atoms with van der Waals surface area (Å²) in [6.07, 6.45) is 6.84. The van der Waals surface area contributed by atoms with Crippen molar-refractivity contribution in [3.8, 4) is 11.5 Å². The minimum atomic E-state index is -0.496. The van der Waals surface area contributed by atoms with E-state index in [4.69, 9.17) is 14.2 Å². The van der Waals surface area contributed by atoms with Crippen molar-refractivity contribution in [2.24, 2.45) is 23.2 Å². The molecule has 4 aliphatic carbocycles. The summed E-state index contributed by atoms with van der Waals surface area (Å²) in [5.41, 5.74) is 0.132. The fourth-order valence-electron chi connectivity index (χ4n) is 5.78. The largest absolute Gasteiger partial charge is 0.493 e. The van der Waals surface area contributed by atoms with E-state index in [0.29, 0.717) is 34.8 Å². The predicted octanol–water partition coefficient (Wildman–Crippen LogP) is 3.65. The average molecular weight is 358 g/mol. The highest BCUT2D eigenvalue weighted by molar-refractivity contribution is 5.93. The highest BCUT2D eigenvalue weighted by Crippen LogP contribution is 2.60. The van der Waals surface area contributed by atoms with Gasteiger partial charge in [-0.2, -0.15) is 0 Å². The van der Waals surface area contributed by atoms with Crippen molar-refractivity contribution in [3.63, 3.8) is 0 Å². The minimum Gasteiger partial charge on any atom is -0.493 e. The van der Waals surface area contributed by atoms with E-state index in [9.17, 15) is 9.59 Å². The smallest absolute Gasteiger partial charge is 0.338 e. The molecule has 4 fully saturated rings. The summed E-state index contributed by atoms with van der Waals surface area (Å²) >= 11 is 0. The molecule has 26 heavy (non-hydrogen) atoms. The normalized spacial score (nSPS) is 31.5. The molecule has 1 aromatic carbocycles. The summed E-state index contributed by atoms with van der Waals surface area (Å²) in [6, 6.07) is 4.87. The van der Waals surface area contributed by atoms with Gasteiger partial charge in [0, 0.05) is 5.41 Å². The van der Waals surface area contributed by atoms with E-state index in [-0.39, 0.29) is 17.8 Å². The van der Waals surface area contributed by atoms with Gasteiger partial charge in [-0.15, -0.1) is 0 Å². The lowest BCUT2D eigenvalue weighted by Gasteiger charge is -2.55. The molecule has 5 nitrogen and oxygen atoms in total. The van der Waals surface area contributed by atoms with Crippen molar-refractivity contribution in [1.29, 1.82) is 0 Å². The lowest BCUT2D eigenvalue weighted by molar-refractivity contribution is -0.147. The van der Waals surface area contributed by atoms with Crippen molar-refractivity contribution in [1.82, 2.24) is 0 Å². The zero-order valence-corrected chi connectivity index (χ0v) is 15.5. The number of Topliss-reactive ketones (excluding diaryl/α,β-unsaturated/α-hetero) is 1. The number of methoxy groups -OCH3 is 2. The number of carbonyl (C=O) groups is 2. The van der Waals surface area contributed by atoms with Crippen LogP contribution < -0.4 is 9.47 Å². The molecule has 1 aromatic rings. The lowest BCUT2D eigenvalue weighted by Crippen LogP contribution is -2.51. The Hall–Kier alpha value is -2.04. The third kappa shape index (κ3) is 2.97. The zero-order chi connectivity index (χ0) is 18.3. The molecule has 0 aromatic heterocycles. The predicted molar refractivity (Wildman–Crippen MR) is 95.4 cm³/mol. The Balaban J connectivity index is 1.41. The maximum atomic E-state index is 12.9. The molecule has 4 saturated carbocycles. The lowest BCUT2D eigenvalue weighted by atomic mass is 9.48. The van der Waals surface area contributed by atoms with Crippen LogP contribution in [0.3, 0.4) is 0 Å². The zero-order valence-electron chi connectivity index (χ0n) is 15.5. The quantitative estimate of drug-likeness (QED) is 0.727. The Labute approximate surface area is 154 Å². The van der Waals surface area contributed by atoms with E-state index in [2.05, 4.69) is 0 Å². The van der Waals surface area contributed by atoms with Crippen LogP contribution in [0.4, 0.5) is 0 Å². The first-order valence-electron chi connectivity index (χ1n) is 9.45. The van der Waals surface area contributed by atoms with Crippen LogP contribution in [-0.4, -0.2) is 32.6 Å². The SMILES string of the molecule is COc1ccc(C(=O)OCC(=O)C23CC4CC(CC(C4)C2)C3)cc1OC. The number of rotatable bonds is 6. The molecule has 0 amide bonds. The molecule has 0 N–H and O–H groups in total. The first-order chi connectivity index (χ1) is 12.5. The Kier molecular flexibility index (Phi) is 4.41. The minimum absolute atomic E-state index is 0.116. The second-order valence-electron chi connectivity index (χ2n) is 8.27. The highest BCUT2D eigenvalue weighted by atomic mass is 16.5. The fourth-order valence-corrected chi connectivity index (χ4v) is 5.78. The van der Waals surface area contributed by atoms with E-state index >= 15 is 0 Å². The maximum absolute atomic E-state index is 12.9. The number of ether oxygens (including phenoxy) is 3. The number of hydrogen-bond acceptors (Lipinski definition) is 5. The van der Waals surface area contributed by atoms with E-state index in [0.717, 1.165) is 19.3 Å². The summed E-state index contributed by atoms with van der Waals surface area (Å²) < 4.78 is 15.8. The highest BCUT2D eigenvalue weighted by Gasteiger charge is 2.54. The molecule has 0 spiro atoms. The third-order valence-corrected chi connectivity index (χ3v) is 6.58. The van der Waals surface area contributed by atoms with Crippen LogP contribution in [0, 0.1) is 23.2 Å². The number of esters is 1. The summed E-state index contributed by atoms with van der Waals surface area (Å²) in [6.45, 7) is -0.126. The third-order valence-electron chi connectivity index (χ3n) is 6.58. The van der Waals surface area contributed by atoms with Gasteiger partial charge in [0.1, 0.15) is 0 Å². The van der Waals surface area contributed by atoms with Gasteiger partial charge in [-0.1, -0.05) is 0 Å². The first-order valence-corrected chi connectivity index (χ1v) is 9.45. The van der Waals surface area contributed by atoms with E-state index in [1.807, 2.05) is 0 Å². The van der Waals surface area contributed by atoms with Gasteiger partial charge >= 0.3 is 5.97 Å². The molecule has 0 heterocycles. The molecule has 0 saturated heterocycles. The van der Waals surface area contributed by atoms with Crippen LogP contribution in [-0.2, 0) is 9.53 Å². The average Bonchev–Trinajstić information content (AvgIpc) is 2.64. The van der Waals surface area contributed by atoms with E-state index < -0.39 is 5.97 Å². The summed E-state index contributed by atoms with van der Waals surface area (Å²) in [5.74, 6) is 2.74. The Morgan fingerprint density at radius 3 is 2.08 bits per heavy atom. The Morgan fingerprint density at radius 2 is 1.54 bits per heavy atom. The summed E-state index contributed by atoms with van der Waals surface area (Å²) in [7, 11) is 3.06. The van der Waals surface area contributed by atoms with Crippen molar-refractivity contribution in [2.75, 3.05) is 20.8 Å². The van der Waals surface area contributed by atoms with Crippen LogP contribution in [0.5, 0.6) is 11.5 Å². The Morgan fingerprint density at radius 1 is 0.962 bits per heavy atom. The number of ketones is 1. The monoisotopic (exact) mass is 358 g/mol. The molecule has 140 valence electrons. The number of hydrogen-bond donors (Lipinski definition) is 0. The van der Waals surface area contributed by atoms with Crippen LogP contribution in [0.2, 0.25) is 0 Å². The molecule has 0 radical (unpaired) electrons. The van der Waals surface area contributed by atoms with Crippen LogP contribution >= 0.6 is 0 Å². The fraction of sp³-hybridized carbons (Fsp3) is 0.619. The Bertz CT molecular complexity index is 688. The molecule has 0 atom stereocenters. The van der Waals surface area contributed by atoms with Gasteiger partial charge in [0.15, 0.2) is 23.9 Å². The molecule has 4 bridgehead atoms. The van der Waals surface area contributed by atoms with Gasteiger partial charge in [0.2, 0.25) is 0 Å². The van der Waals surface area contributed by atoms with Gasteiger partial charge in [0.05, 0.1) is 19.8 Å². The molecule has 0 aliphatic heterocycles. The summed E-state index contributed by atoms with van der Waals surface area (Å²) in [5, 5.41) is 0. The van der Waals surface area contributed by atoms with Crippen LogP contribution in [0.25, 0.3) is 0 Å². The maximum Gasteiger partial charge on any atom is 0.338 e. The molecule has 5 heteroatoms. The topological polar surface area (TPSA) is 61.8 Å². The molecule has 5 rings (SSSR count). The van der Waals surface area contributed by atoms with Gasteiger partial charge in [0.25, 0.3) is 0 Å². The molecule has 0 unspecified atom stereocenters. The van der Waals surface area contributed by atoms with E-state index in [1.54, 1.807) is 25.3 Å². The molecular weight excluding hydrogens is 332 g/mol. The van der Waals surface area contributed by atoms with Crippen LogP contribution in [0.1, 0.15) is 48.9 Å². The molecular formula is C21H26O5. The standard InChI is InChI=1S/C21H26O5/c1-24-17-4-3-16(8-18(17)25-2)20(23)26-12-19(22)21-9-13-5-14(10-21)7-15(6-13)11-21/h3-4,8,13-15H,5-7,9-12H2,1-2H3. The van der Waals surface area contributed by atoms with Crippen LogP contribution in [0.15, 0.2) is 18.2 Å². The van der Waals surface area contributed by atoms with E-state index in [1.165, 1.54) is 26.4 Å². The molecule has 4 aliphatic rings. The van der Waals surface area contributed by atoms with Crippen molar-refractivity contribution < 1.29 is 23.8 Å². The van der Waals surface area contributed by atoms with Crippen molar-refractivity contribution in [3.05, 3.63) is 23.8 Å². The van der Waals surface area contributed by atoms with Crippen molar-refractivity contribution in [2.45, 2.75) is 38.5 Å².